The normalized spacial score (nSPS) is 18.6. The average Bonchev–Trinajstić information content (AvgIpc) is 2.90. The Hall–Kier alpha value is -1.43. The van der Waals surface area contributed by atoms with Crippen molar-refractivity contribution in [2.24, 2.45) is 5.92 Å². The topological polar surface area (TPSA) is 43.4 Å². The van der Waals surface area contributed by atoms with Gasteiger partial charge in [0, 0.05) is 25.1 Å². The molecule has 1 unspecified atom stereocenters. The molecule has 1 saturated heterocycles. The summed E-state index contributed by atoms with van der Waals surface area (Å²) in [5.74, 6) is -1.37. The van der Waals surface area contributed by atoms with Gasteiger partial charge in [-0.1, -0.05) is 6.92 Å². The minimum atomic E-state index is -0.779. The highest BCUT2D eigenvalue weighted by molar-refractivity contribution is 5.39. The lowest BCUT2D eigenvalue weighted by molar-refractivity contribution is 0.163. The summed E-state index contributed by atoms with van der Waals surface area (Å²) in [6.07, 6.45) is 1.72. The highest BCUT2D eigenvalue weighted by atomic mass is 19.1. The van der Waals surface area contributed by atoms with E-state index in [-0.39, 0.29) is 17.6 Å². The third-order valence-corrected chi connectivity index (χ3v) is 2.92. The molecule has 1 aliphatic rings. The standard InChI is InChI=1S/C13H18F2N2O2/c1-2-4-16-12-10(14)6-11(15)13(17-12)19-8-9-3-5-18-7-9/h6,9H,2-5,7-8H2,1H3,(H,16,17). The molecule has 0 aliphatic carbocycles. The summed E-state index contributed by atoms with van der Waals surface area (Å²) >= 11 is 0. The van der Waals surface area contributed by atoms with Gasteiger partial charge in [-0.25, -0.2) is 8.78 Å². The van der Waals surface area contributed by atoms with Crippen LogP contribution in [0.4, 0.5) is 14.6 Å². The van der Waals surface area contributed by atoms with Crippen molar-refractivity contribution in [3.05, 3.63) is 17.7 Å². The van der Waals surface area contributed by atoms with Gasteiger partial charge in [0.15, 0.2) is 17.5 Å². The number of anilines is 1. The van der Waals surface area contributed by atoms with Gasteiger partial charge in [0.2, 0.25) is 0 Å². The van der Waals surface area contributed by atoms with E-state index in [1.807, 2.05) is 6.92 Å². The molecule has 2 heterocycles. The minimum Gasteiger partial charge on any atom is -0.475 e. The van der Waals surface area contributed by atoms with Gasteiger partial charge in [-0.05, 0) is 12.8 Å². The SMILES string of the molecule is CCCNc1nc(OCC2CCOC2)c(F)cc1F. The minimum absolute atomic E-state index is 0.0286. The monoisotopic (exact) mass is 272 g/mol. The number of nitrogens with zero attached hydrogens (tertiary/aromatic N) is 1. The van der Waals surface area contributed by atoms with E-state index in [0.717, 1.165) is 18.9 Å². The van der Waals surface area contributed by atoms with Crippen LogP contribution >= 0.6 is 0 Å². The smallest absolute Gasteiger partial charge is 0.252 e. The Morgan fingerprint density at radius 3 is 3.00 bits per heavy atom. The van der Waals surface area contributed by atoms with Gasteiger partial charge in [-0.3, -0.25) is 0 Å². The first kappa shape index (κ1) is 14.0. The number of rotatable bonds is 6. The Morgan fingerprint density at radius 2 is 2.32 bits per heavy atom. The van der Waals surface area contributed by atoms with Gasteiger partial charge in [0.1, 0.15) is 0 Å². The van der Waals surface area contributed by atoms with Crippen LogP contribution in [0.3, 0.4) is 0 Å². The van der Waals surface area contributed by atoms with E-state index >= 15 is 0 Å². The van der Waals surface area contributed by atoms with Crippen molar-refractivity contribution in [3.63, 3.8) is 0 Å². The van der Waals surface area contributed by atoms with E-state index < -0.39 is 11.6 Å². The first-order valence-electron chi connectivity index (χ1n) is 6.51. The van der Waals surface area contributed by atoms with Crippen LogP contribution in [0.15, 0.2) is 6.07 Å². The quantitative estimate of drug-likeness (QED) is 0.864. The summed E-state index contributed by atoms with van der Waals surface area (Å²) in [6, 6.07) is 0.797. The molecule has 0 bridgehead atoms. The first-order valence-corrected chi connectivity index (χ1v) is 6.51. The second-order valence-electron chi connectivity index (χ2n) is 4.57. The molecular formula is C13H18F2N2O2. The van der Waals surface area contributed by atoms with Crippen LogP contribution in [0.25, 0.3) is 0 Å². The van der Waals surface area contributed by atoms with Crippen LogP contribution in [-0.2, 0) is 4.74 Å². The third-order valence-electron chi connectivity index (χ3n) is 2.92. The van der Waals surface area contributed by atoms with E-state index in [1.54, 1.807) is 0 Å². The number of nitrogens with one attached hydrogen (secondary N) is 1. The number of hydrogen-bond acceptors (Lipinski definition) is 4. The van der Waals surface area contributed by atoms with Gasteiger partial charge < -0.3 is 14.8 Å². The molecule has 1 aromatic heterocycles. The number of pyridine rings is 1. The molecule has 0 aromatic carbocycles. The zero-order valence-corrected chi connectivity index (χ0v) is 10.9. The second-order valence-corrected chi connectivity index (χ2v) is 4.57. The molecular weight excluding hydrogens is 254 g/mol. The van der Waals surface area contributed by atoms with Gasteiger partial charge in [0.05, 0.1) is 13.2 Å². The average molecular weight is 272 g/mol. The van der Waals surface area contributed by atoms with Crippen molar-refractivity contribution in [1.82, 2.24) is 4.98 Å². The van der Waals surface area contributed by atoms with Crippen molar-refractivity contribution >= 4 is 5.82 Å². The van der Waals surface area contributed by atoms with Crippen LogP contribution in [0, 0.1) is 17.6 Å². The third kappa shape index (κ3) is 3.76. The zero-order valence-electron chi connectivity index (χ0n) is 10.9. The molecule has 1 atom stereocenters. The predicted molar refractivity (Wildman–Crippen MR) is 67.4 cm³/mol. The molecule has 2 rings (SSSR count). The molecule has 1 N–H and O–H groups in total. The molecule has 0 radical (unpaired) electrons. The summed E-state index contributed by atoms with van der Waals surface area (Å²) < 4.78 is 37.5. The lowest BCUT2D eigenvalue weighted by atomic mass is 10.1. The molecule has 1 aliphatic heterocycles. The van der Waals surface area contributed by atoms with Crippen molar-refractivity contribution in [3.8, 4) is 5.88 Å². The zero-order chi connectivity index (χ0) is 13.7. The first-order chi connectivity index (χ1) is 9.20. The Kier molecular flexibility index (Phi) is 4.90. The van der Waals surface area contributed by atoms with E-state index in [9.17, 15) is 8.78 Å². The number of aromatic nitrogens is 1. The maximum absolute atomic E-state index is 13.5. The van der Waals surface area contributed by atoms with Crippen LogP contribution in [-0.4, -0.2) is 31.3 Å². The Labute approximate surface area is 111 Å². The summed E-state index contributed by atoms with van der Waals surface area (Å²) in [4.78, 5) is 3.85. The van der Waals surface area contributed by atoms with Gasteiger partial charge >= 0.3 is 0 Å². The van der Waals surface area contributed by atoms with E-state index in [1.165, 1.54) is 0 Å². The fourth-order valence-electron chi connectivity index (χ4n) is 1.83. The maximum atomic E-state index is 13.5. The second kappa shape index (κ2) is 6.65. The molecule has 0 amide bonds. The predicted octanol–water partition coefficient (Wildman–Crippen LogP) is 2.60. The van der Waals surface area contributed by atoms with Crippen molar-refractivity contribution in [2.75, 3.05) is 31.7 Å². The van der Waals surface area contributed by atoms with E-state index in [4.69, 9.17) is 9.47 Å². The fraction of sp³-hybridized carbons (Fsp3) is 0.615. The lowest BCUT2D eigenvalue weighted by Crippen LogP contribution is -2.14. The van der Waals surface area contributed by atoms with Crippen molar-refractivity contribution in [2.45, 2.75) is 19.8 Å². The number of halogens is 2. The Morgan fingerprint density at radius 1 is 1.47 bits per heavy atom. The maximum Gasteiger partial charge on any atom is 0.252 e. The van der Waals surface area contributed by atoms with Crippen LogP contribution in [0.1, 0.15) is 19.8 Å². The molecule has 106 valence electrons. The van der Waals surface area contributed by atoms with Crippen molar-refractivity contribution < 1.29 is 18.3 Å². The largest absolute Gasteiger partial charge is 0.475 e. The Bertz CT molecular complexity index is 423. The van der Waals surface area contributed by atoms with Gasteiger partial charge in [-0.15, -0.1) is 0 Å². The summed E-state index contributed by atoms with van der Waals surface area (Å²) in [6.45, 7) is 4.18. The summed E-state index contributed by atoms with van der Waals surface area (Å²) in [5.41, 5.74) is 0. The molecule has 19 heavy (non-hydrogen) atoms. The molecule has 1 aromatic rings. The van der Waals surface area contributed by atoms with Crippen LogP contribution < -0.4 is 10.1 Å². The van der Waals surface area contributed by atoms with Crippen LogP contribution in [0.2, 0.25) is 0 Å². The van der Waals surface area contributed by atoms with Gasteiger partial charge in [-0.2, -0.15) is 4.98 Å². The lowest BCUT2D eigenvalue weighted by Gasteiger charge is -2.12. The molecule has 0 spiro atoms. The molecule has 4 nitrogen and oxygen atoms in total. The number of ether oxygens (including phenoxy) is 2. The van der Waals surface area contributed by atoms with Crippen LogP contribution in [0.5, 0.6) is 5.88 Å². The molecule has 0 saturated carbocycles. The molecule has 6 heteroatoms. The summed E-state index contributed by atoms with van der Waals surface area (Å²) in [5, 5.41) is 2.80. The van der Waals surface area contributed by atoms with E-state index in [2.05, 4.69) is 10.3 Å². The molecule has 1 fully saturated rings. The fourth-order valence-corrected chi connectivity index (χ4v) is 1.83. The Balaban J connectivity index is 2.01. The van der Waals surface area contributed by atoms with Crippen molar-refractivity contribution in [1.29, 1.82) is 0 Å². The van der Waals surface area contributed by atoms with Gasteiger partial charge in [0.25, 0.3) is 5.88 Å². The summed E-state index contributed by atoms with van der Waals surface area (Å²) in [7, 11) is 0. The highest BCUT2D eigenvalue weighted by Crippen LogP contribution is 2.22. The number of hydrogen-bond donors (Lipinski definition) is 1. The highest BCUT2D eigenvalue weighted by Gasteiger charge is 2.19. The van der Waals surface area contributed by atoms with E-state index in [0.29, 0.717) is 26.4 Å².